The number of furan rings is 1. The standard InChI is InChI=1S/C23H23N3O5/c1-14(19-12-15-6-4-5-7-18(15)31-19)24-20(27)13-26-21(28)23(2,25-22(26)29)16-8-10-17(30-3)11-9-16/h4-12,14H,13H2,1-3H3,(H,24,27)(H,25,29)/t14-,23+/m1/s1. The van der Waals surface area contributed by atoms with Gasteiger partial charge in [-0.2, -0.15) is 0 Å². The Hall–Kier alpha value is -3.81. The Kier molecular flexibility index (Phi) is 5.14. The van der Waals surface area contributed by atoms with Crippen LogP contribution < -0.4 is 15.4 Å². The number of para-hydroxylation sites is 1. The molecule has 2 aromatic carbocycles. The fraction of sp³-hybridized carbons (Fsp3) is 0.261. The summed E-state index contributed by atoms with van der Waals surface area (Å²) in [5, 5.41) is 6.41. The van der Waals surface area contributed by atoms with E-state index in [0.29, 0.717) is 17.1 Å². The number of imide groups is 1. The summed E-state index contributed by atoms with van der Waals surface area (Å²) in [4.78, 5) is 39.0. The molecular weight excluding hydrogens is 398 g/mol. The van der Waals surface area contributed by atoms with Gasteiger partial charge in [0.1, 0.15) is 29.2 Å². The van der Waals surface area contributed by atoms with Gasteiger partial charge in [0.2, 0.25) is 5.91 Å². The lowest BCUT2D eigenvalue weighted by Crippen LogP contribution is -2.43. The van der Waals surface area contributed by atoms with Crippen molar-refractivity contribution in [3.05, 3.63) is 65.9 Å². The number of hydrogen-bond donors (Lipinski definition) is 2. The molecule has 3 aromatic rings. The number of nitrogens with one attached hydrogen (secondary N) is 2. The van der Waals surface area contributed by atoms with Crippen molar-refractivity contribution >= 4 is 28.8 Å². The number of rotatable bonds is 6. The van der Waals surface area contributed by atoms with E-state index in [0.717, 1.165) is 15.9 Å². The van der Waals surface area contributed by atoms with Gasteiger partial charge in [0.25, 0.3) is 5.91 Å². The van der Waals surface area contributed by atoms with Gasteiger partial charge in [0.05, 0.1) is 13.2 Å². The zero-order valence-electron chi connectivity index (χ0n) is 17.5. The molecule has 1 fully saturated rings. The first-order valence-corrected chi connectivity index (χ1v) is 9.88. The summed E-state index contributed by atoms with van der Waals surface area (Å²) in [5.74, 6) is 0.277. The number of urea groups is 1. The van der Waals surface area contributed by atoms with Gasteiger partial charge in [0, 0.05) is 5.39 Å². The van der Waals surface area contributed by atoms with E-state index in [9.17, 15) is 14.4 Å². The molecule has 8 nitrogen and oxygen atoms in total. The summed E-state index contributed by atoms with van der Waals surface area (Å²) in [5.41, 5.74) is 0.0710. The SMILES string of the molecule is COc1ccc([C@]2(C)NC(=O)N(CC(=O)N[C@H](C)c3cc4ccccc4o3)C2=O)cc1. The van der Waals surface area contributed by atoms with Crippen LogP contribution in [0.1, 0.15) is 31.2 Å². The van der Waals surface area contributed by atoms with Crippen LogP contribution in [0.25, 0.3) is 11.0 Å². The summed E-state index contributed by atoms with van der Waals surface area (Å²) in [6.07, 6.45) is 0. The maximum absolute atomic E-state index is 13.0. The highest BCUT2D eigenvalue weighted by Gasteiger charge is 2.49. The summed E-state index contributed by atoms with van der Waals surface area (Å²) in [6.45, 7) is 3.01. The molecule has 2 heterocycles. The number of fused-ring (bicyclic) bond motifs is 1. The topological polar surface area (TPSA) is 101 Å². The molecule has 1 saturated heterocycles. The second kappa shape index (κ2) is 7.79. The van der Waals surface area contributed by atoms with Gasteiger partial charge in [-0.3, -0.25) is 14.5 Å². The predicted octanol–water partition coefficient (Wildman–Crippen LogP) is 3.09. The zero-order valence-corrected chi connectivity index (χ0v) is 17.5. The van der Waals surface area contributed by atoms with E-state index in [1.807, 2.05) is 30.3 Å². The molecule has 0 spiro atoms. The Labute approximate surface area is 179 Å². The number of carbonyl (C=O) groups excluding carboxylic acids is 3. The monoisotopic (exact) mass is 421 g/mol. The second-order valence-electron chi connectivity index (χ2n) is 7.65. The van der Waals surface area contributed by atoms with E-state index in [2.05, 4.69) is 10.6 Å². The van der Waals surface area contributed by atoms with Crippen molar-refractivity contribution < 1.29 is 23.5 Å². The largest absolute Gasteiger partial charge is 0.497 e. The number of carbonyl (C=O) groups is 3. The first kappa shape index (κ1) is 20.5. The lowest BCUT2D eigenvalue weighted by molar-refractivity contribution is -0.135. The summed E-state index contributed by atoms with van der Waals surface area (Å²) in [6, 6.07) is 15.2. The molecule has 1 aliphatic heterocycles. The minimum absolute atomic E-state index is 0.388. The van der Waals surface area contributed by atoms with Crippen molar-refractivity contribution in [3.8, 4) is 5.75 Å². The average Bonchev–Trinajstić information content (AvgIpc) is 3.29. The molecule has 0 bridgehead atoms. The van der Waals surface area contributed by atoms with Crippen molar-refractivity contribution in [2.75, 3.05) is 13.7 Å². The quantitative estimate of drug-likeness (QED) is 0.596. The first-order valence-electron chi connectivity index (χ1n) is 9.88. The third-order valence-electron chi connectivity index (χ3n) is 5.49. The molecule has 8 heteroatoms. The molecule has 4 amide bonds. The molecule has 4 rings (SSSR count). The second-order valence-corrected chi connectivity index (χ2v) is 7.65. The van der Waals surface area contributed by atoms with Crippen LogP contribution in [0.2, 0.25) is 0 Å². The van der Waals surface area contributed by atoms with Crippen LogP contribution in [0, 0.1) is 0 Å². The smallest absolute Gasteiger partial charge is 0.325 e. The molecular formula is C23H23N3O5. The number of ether oxygens (including phenoxy) is 1. The number of methoxy groups -OCH3 is 1. The van der Waals surface area contributed by atoms with E-state index in [1.165, 1.54) is 0 Å². The van der Waals surface area contributed by atoms with E-state index < -0.39 is 29.4 Å². The molecule has 0 saturated carbocycles. The van der Waals surface area contributed by atoms with Gasteiger partial charge >= 0.3 is 6.03 Å². The highest BCUT2D eigenvalue weighted by atomic mass is 16.5. The van der Waals surface area contributed by atoms with Crippen LogP contribution in [0.5, 0.6) is 5.75 Å². The van der Waals surface area contributed by atoms with Crippen molar-refractivity contribution in [1.82, 2.24) is 15.5 Å². The van der Waals surface area contributed by atoms with Crippen LogP contribution >= 0.6 is 0 Å². The zero-order chi connectivity index (χ0) is 22.2. The Morgan fingerprint density at radius 1 is 1.19 bits per heavy atom. The van der Waals surface area contributed by atoms with Crippen LogP contribution in [-0.2, 0) is 15.1 Å². The van der Waals surface area contributed by atoms with Crippen LogP contribution in [0.3, 0.4) is 0 Å². The van der Waals surface area contributed by atoms with Gasteiger partial charge in [-0.15, -0.1) is 0 Å². The fourth-order valence-electron chi connectivity index (χ4n) is 3.68. The van der Waals surface area contributed by atoms with E-state index in [4.69, 9.17) is 9.15 Å². The Balaban J connectivity index is 1.45. The van der Waals surface area contributed by atoms with Gasteiger partial charge in [0.15, 0.2) is 0 Å². The summed E-state index contributed by atoms with van der Waals surface area (Å²) in [7, 11) is 1.55. The average molecular weight is 421 g/mol. The molecule has 0 aliphatic carbocycles. The predicted molar refractivity (Wildman–Crippen MR) is 113 cm³/mol. The highest BCUT2D eigenvalue weighted by Crippen LogP contribution is 2.30. The lowest BCUT2D eigenvalue weighted by Gasteiger charge is -2.22. The van der Waals surface area contributed by atoms with E-state index in [-0.39, 0.29) is 6.54 Å². The molecule has 1 aliphatic rings. The van der Waals surface area contributed by atoms with Crippen molar-refractivity contribution in [3.63, 3.8) is 0 Å². The normalized spacial score (nSPS) is 19.4. The van der Waals surface area contributed by atoms with Crippen LogP contribution in [-0.4, -0.2) is 36.4 Å². The van der Waals surface area contributed by atoms with Gasteiger partial charge in [-0.05, 0) is 43.7 Å². The molecule has 1 aromatic heterocycles. The summed E-state index contributed by atoms with van der Waals surface area (Å²) >= 11 is 0. The number of amides is 4. The lowest BCUT2D eigenvalue weighted by atomic mass is 9.92. The third-order valence-corrected chi connectivity index (χ3v) is 5.49. The van der Waals surface area contributed by atoms with Gasteiger partial charge < -0.3 is 19.8 Å². The van der Waals surface area contributed by atoms with Gasteiger partial charge in [-0.25, -0.2) is 4.79 Å². The minimum atomic E-state index is -1.26. The molecule has 160 valence electrons. The van der Waals surface area contributed by atoms with Crippen molar-refractivity contribution in [2.45, 2.75) is 25.4 Å². The molecule has 31 heavy (non-hydrogen) atoms. The maximum atomic E-state index is 13.0. The van der Waals surface area contributed by atoms with Gasteiger partial charge in [-0.1, -0.05) is 30.3 Å². The molecule has 0 radical (unpaired) electrons. The molecule has 2 atom stereocenters. The molecule has 2 N–H and O–H groups in total. The highest BCUT2D eigenvalue weighted by molar-refractivity contribution is 6.09. The maximum Gasteiger partial charge on any atom is 0.325 e. The molecule has 0 unspecified atom stereocenters. The van der Waals surface area contributed by atoms with Crippen molar-refractivity contribution in [2.24, 2.45) is 0 Å². The van der Waals surface area contributed by atoms with E-state index >= 15 is 0 Å². The third kappa shape index (κ3) is 3.72. The van der Waals surface area contributed by atoms with Crippen molar-refractivity contribution in [1.29, 1.82) is 0 Å². The van der Waals surface area contributed by atoms with Crippen LogP contribution in [0.4, 0.5) is 4.79 Å². The minimum Gasteiger partial charge on any atom is -0.497 e. The Morgan fingerprint density at radius 3 is 2.58 bits per heavy atom. The number of hydrogen-bond acceptors (Lipinski definition) is 5. The van der Waals surface area contributed by atoms with Crippen LogP contribution in [0.15, 0.2) is 59.0 Å². The Morgan fingerprint density at radius 2 is 1.90 bits per heavy atom. The number of nitrogens with zero attached hydrogens (tertiary/aromatic N) is 1. The first-order chi connectivity index (χ1) is 14.8. The Bertz CT molecular complexity index is 1120. The van der Waals surface area contributed by atoms with E-state index in [1.54, 1.807) is 45.2 Å². The summed E-state index contributed by atoms with van der Waals surface area (Å²) < 4.78 is 10.9. The number of benzene rings is 2. The fourth-order valence-corrected chi connectivity index (χ4v) is 3.68.